The predicted molar refractivity (Wildman–Crippen MR) is 91.4 cm³/mol. The van der Waals surface area contributed by atoms with E-state index in [0.29, 0.717) is 23.5 Å². The lowest BCUT2D eigenvalue weighted by Gasteiger charge is -2.25. The summed E-state index contributed by atoms with van der Waals surface area (Å²) in [5, 5.41) is 10.9. The summed E-state index contributed by atoms with van der Waals surface area (Å²) in [6.07, 6.45) is 5.71. The van der Waals surface area contributed by atoms with Gasteiger partial charge in [-0.2, -0.15) is 0 Å². The second-order valence-electron chi connectivity index (χ2n) is 5.66. The summed E-state index contributed by atoms with van der Waals surface area (Å²) < 4.78 is 5.49. The van der Waals surface area contributed by atoms with Crippen molar-refractivity contribution in [2.45, 2.75) is 40.5 Å². The van der Waals surface area contributed by atoms with Crippen molar-refractivity contribution in [2.24, 2.45) is 5.92 Å². The molecule has 2 heterocycles. The summed E-state index contributed by atoms with van der Waals surface area (Å²) >= 11 is 0. The molecule has 0 spiro atoms. The normalized spacial score (nSPS) is 12.2. The fraction of sp³-hybridized carbons (Fsp3) is 0.625. The lowest BCUT2D eigenvalue weighted by molar-refractivity contribution is 0.538. The van der Waals surface area contributed by atoms with Crippen molar-refractivity contribution in [1.29, 1.82) is 0 Å². The molecule has 0 bridgehead atoms. The van der Waals surface area contributed by atoms with Gasteiger partial charge in [-0.3, -0.25) is 0 Å². The standard InChI is InChI=1S/C16H26N6O/c1-5-8-22(11-12(4)6-2)14-10-18-13(9-19-14)15-20-21-16(23-15)17-7-3/h9-10,12H,5-8,11H2,1-4H3,(H,17,21). The minimum absolute atomic E-state index is 0.379. The van der Waals surface area contributed by atoms with Crippen LogP contribution in [-0.4, -0.2) is 39.8 Å². The molecule has 1 atom stereocenters. The third kappa shape index (κ3) is 4.64. The first-order chi connectivity index (χ1) is 11.2. The third-order valence-corrected chi connectivity index (χ3v) is 3.66. The molecule has 1 unspecified atom stereocenters. The Labute approximate surface area is 137 Å². The highest BCUT2D eigenvalue weighted by molar-refractivity contribution is 5.48. The molecular formula is C16H26N6O. The van der Waals surface area contributed by atoms with Gasteiger partial charge in [0.15, 0.2) is 0 Å². The second kappa shape index (κ2) is 8.45. The molecular weight excluding hydrogens is 292 g/mol. The van der Waals surface area contributed by atoms with Crippen LogP contribution in [0, 0.1) is 5.92 Å². The first-order valence-corrected chi connectivity index (χ1v) is 8.32. The van der Waals surface area contributed by atoms with E-state index in [0.717, 1.165) is 38.3 Å². The van der Waals surface area contributed by atoms with E-state index in [-0.39, 0.29) is 0 Å². The topological polar surface area (TPSA) is 80.0 Å². The summed E-state index contributed by atoms with van der Waals surface area (Å²) in [7, 11) is 0. The molecule has 0 radical (unpaired) electrons. The van der Waals surface area contributed by atoms with E-state index >= 15 is 0 Å². The fourth-order valence-electron chi connectivity index (χ4n) is 2.22. The van der Waals surface area contributed by atoms with Gasteiger partial charge in [-0.15, -0.1) is 5.10 Å². The highest BCUT2D eigenvalue weighted by Gasteiger charge is 2.14. The van der Waals surface area contributed by atoms with E-state index in [4.69, 9.17) is 4.42 Å². The van der Waals surface area contributed by atoms with E-state index in [9.17, 15) is 0 Å². The molecule has 2 rings (SSSR count). The molecule has 0 saturated heterocycles. The predicted octanol–water partition coefficient (Wildman–Crippen LogP) is 3.22. The Morgan fingerprint density at radius 1 is 1.17 bits per heavy atom. The summed E-state index contributed by atoms with van der Waals surface area (Å²) in [6.45, 7) is 11.3. The van der Waals surface area contributed by atoms with Crippen molar-refractivity contribution in [3.8, 4) is 11.6 Å². The van der Waals surface area contributed by atoms with Crippen LogP contribution in [0.25, 0.3) is 11.6 Å². The van der Waals surface area contributed by atoms with Crippen LogP contribution in [-0.2, 0) is 0 Å². The third-order valence-electron chi connectivity index (χ3n) is 3.66. The molecule has 0 saturated carbocycles. The molecule has 126 valence electrons. The highest BCUT2D eigenvalue weighted by Crippen LogP contribution is 2.19. The Kier molecular flexibility index (Phi) is 6.31. The monoisotopic (exact) mass is 318 g/mol. The summed E-state index contributed by atoms with van der Waals surface area (Å²) in [6, 6.07) is 0.401. The zero-order chi connectivity index (χ0) is 16.7. The summed E-state index contributed by atoms with van der Waals surface area (Å²) in [5.41, 5.74) is 0.588. The molecule has 0 aliphatic carbocycles. The van der Waals surface area contributed by atoms with Gasteiger partial charge in [0, 0.05) is 19.6 Å². The Morgan fingerprint density at radius 2 is 2.00 bits per heavy atom. The number of hydrogen-bond acceptors (Lipinski definition) is 7. The number of nitrogens with one attached hydrogen (secondary N) is 1. The minimum Gasteiger partial charge on any atom is -0.402 e. The van der Waals surface area contributed by atoms with E-state index in [1.807, 2.05) is 6.92 Å². The van der Waals surface area contributed by atoms with Crippen LogP contribution in [0.3, 0.4) is 0 Å². The zero-order valence-corrected chi connectivity index (χ0v) is 14.4. The number of rotatable bonds is 9. The molecule has 2 aromatic rings. The first kappa shape index (κ1) is 17.2. The van der Waals surface area contributed by atoms with Crippen molar-refractivity contribution in [3.05, 3.63) is 12.4 Å². The molecule has 0 aromatic carbocycles. The van der Waals surface area contributed by atoms with Crippen LogP contribution < -0.4 is 10.2 Å². The molecule has 0 aliphatic heterocycles. The van der Waals surface area contributed by atoms with Crippen LogP contribution >= 0.6 is 0 Å². The Balaban J connectivity index is 2.12. The Morgan fingerprint density at radius 3 is 2.61 bits per heavy atom. The molecule has 0 aliphatic rings. The van der Waals surface area contributed by atoms with Gasteiger partial charge in [0.25, 0.3) is 5.89 Å². The van der Waals surface area contributed by atoms with E-state index in [1.54, 1.807) is 12.4 Å². The van der Waals surface area contributed by atoms with E-state index in [2.05, 4.69) is 51.2 Å². The average molecular weight is 318 g/mol. The minimum atomic E-state index is 0.379. The lowest BCUT2D eigenvalue weighted by atomic mass is 10.1. The molecule has 2 aromatic heterocycles. The van der Waals surface area contributed by atoms with Crippen LogP contribution in [0.4, 0.5) is 11.8 Å². The molecule has 7 nitrogen and oxygen atoms in total. The van der Waals surface area contributed by atoms with E-state index < -0.39 is 0 Å². The highest BCUT2D eigenvalue weighted by atomic mass is 16.4. The molecule has 1 N–H and O–H groups in total. The number of nitrogens with zero attached hydrogens (tertiary/aromatic N) is 5. The Hall–Kier alpha value is -2.18. The average Bonchev–Trinajstić information content (AvgIpc) is 3.03. The van der Waals surface area contributed by atoms with Gasteiger partial charge < -0.3 is 14.6 Å². The number of hydrogen-bond donors (Lipinski definition) is 1. The maximum atomic E-state index is 5.49. The fourth-order valence-corrected chi connectivity index (χ4v) is 2.22. The smallest absolute Gasteiger partial charge is 0.315 e. The van der Waals surface area contributed by atoms with Crippen LogP contribution in [0.15, 0.2) is 16.8 Å². The largest absolute Gasteiger partial charge is 0.402 e. The van der Waals surface area contributed by atoms with Gasteiger partial charge in [-0.25, -0.2) is 9.97 Å². The van der Waals surface area contributed by atoms with Crippen molar-refractivity contribution >= 4 is 11.8 Å². The summed E-state index contributed by atoms with van der Waals surface area (Å²) in [5.74, 6) is 1.90. The van der Waals surface area contributed by atoms with Gasteiger partial charge in [-0.05, 0) is 19.3 Å². The van der Waals surface area contributed by atoms with Crippen molar-refractivity contribution in [1.82, 2.24) is 20.2 Å². The van der Waals surface area contributed by atoms with Gasteiger partial charge in [-0.1, -0.05) is 32.3 Å². The molecule has 0 amide bonds. The maximum Gasteiger partial charge on any atom is 0.315 e. The van der Waals surface area contributed by atoms with E-state index in [1.165, 1.54) is 0 Å². The van der Waals surface area contributed by atoms with Crippen LogP contribution in [0.5, 0.6) is 0 Å². The summed E-state index contributed by atoms with van der Waals surface area (Å²) in [4.78, 5) is 11.2. The van der Waals surface area contributed by atoms with Crippen molar-refractivity contribution in [2.75, 3.05) is 29.9 Å². The van der Waals surface area contributed by atoms with Crippen molar-refractivity contribution in [3.63, 3.8) is 0 Å². The van der Waals surface area contributed by atoms with Crippen LogP contribution in [0.2, 0.25) is 0 Å². The van der Waals surface area contributed by atoms with Gasteiger partial charge >= 0.3 is 6.01 Å². The van der Waals surface area contributed by atoms with Gasteiger partial charge in [0.1, 0.15) is 11.5 Å². The second-order valence-corrected chi connectivity index (χ2v) is 5.66. The van der Waals surface area contributed by atoms with Gasteiger partial charge in [0.05, 0.1) is 12.4 Å². The first-order valence-electron chi connectivity index (χ1n) is 8.32. The Bertz CT molecular complexity index is 583. The van der Waals surface area contributed by atoms with Crippen molar-refractivity contribution < 1.29 is 4.42 Å². The van der Waals surface area contributed by atoms with Gasteiger partial charge in [0.2, 0.25) is 0 Å². The quantitative estimate of drug-likeness (QED) is 0.760. The molecule has 0 fully saturated rings. The molecule has 7 heteroatoms. The zero-order valence-electron chi connectivity index (χ0n) is 14.4. The van der Waals surface area contributed by atoms with Crippen LogP contribution in [0.1, 0.15) is 40.5 Å². The molecule has 23 heavy (non-hydrogen) atoms. The lowest BCUT2D eigenvalue weighted by Crippen LogP contribution is -2.30. The number of anilines is 2. The SMILES string of the molecule is CCCN(CC(C)CC)c1cnc(-c2nnc(NCC)o2)cn1. The maximum absolute atomic E-state index is 5.49. The number of aromatic nitrogens is 4.